The van der Waals surface area contributed by atoms with Crippen molar-refractivity contribution >= 4 is 23.6 Å². The van der Waals surface area contributed by atoms with Crippen molar-refractivity contribution in [3.8, 4) is 11.1 Å². The molecule has 2 N–H and O–H groups in total. The summed E-state index contributed by atoms with van der Waals surface area (Å²) in [5.74, 6) is 0.160. The number of aryl methyl sites for hydroxylation is 2. The minimum atomic E-state index is -0.254. The minimum Gasteiger partial charge on any atom is -0.338 e. The summed E-state index contributed by atoms with van der Waals surface area (Å²) in [6.07, 6.45) is 5.23. The van der Waals surface area contributed by atoms with E-state index >= 15 is 0 Å². The summed E-state index contributed by atoms with van der Waals surface area (Å²) in [7, 11) is 0. The van der Waals surface area contributed by atoms with Gasteiger partial charge in [0.15, 0.2) is 5.16 Å². The lowest BCUT2D eigenvalue weighted by Crippen LogP contribution is -2.22. The van der Waals surface area contributed by atoms with E-state index in [1.54, 1.807) is 6.20 Å². The highest BCUT2D eigenvalue weighted by molar-refractivity contribution is 7.99. The maximum Gasteiger partial charge on any atom is 0.254 e. The van der Waals surface area contributed by atoms with Crippen molar-refractivity contribution in [1.29, 1.82) is 0 Å². The number of aromatic nitrogens is 3. The molecule has 1 aliphatic carbocycles. The Morgan fingerprint density at radius 2 is 2.04 bits per heavy atom. The van der Waals surface area contributed by atoms with Gasteiger partial charge in [-0.2, -0.15) is 0 Å². The predicted octanol–water partition coefficient (Wildman–Crippen LogP) is 3.34. The molecule has 0 atom stereocenters. The highest BCUT2D eigenvalue weighted by Gasteiger charge is 2.17. The fourth-order valence-electron chi connectivity index (χ4n) is 3.21. The van der Waals surface area contributed by atoms with Crippen LogP contribution in [-0.4, -0.2) is 26.8 Å². The van der Waals surface area contributed by atoms with E-state index in [2.05, 4.69) is 20.4 Å². The van der Waals surface area contributed by atoms with Crippen molar-refractivity contribution in [3.05, 3.63) is 57.6 Å². The summed E-state index contributed by atoms with van der Waals surface area (Å²) >= 11 is 1.20. The van der Waals surface area contributed by atoms with Crippen molar-refractivity contribution < 1.29 is 9.32 Å². The number of H-pyrrole nitrogens is 1. The van der Waals surface area contributed by atoms with Crippen LogP contribution in [0, 0.1) is 6.92 Å². The van der Waals surface area contributed by atoms with Crippen LogP contribution in [0.15, 0.2) is 44.9 Å². The zero-order chi connectivity index (χ0) is 19.5. The Kier molecular flexibility index (Phi) is 5.29. The van der Waals surface area contributed by atoms with Gasteiger partial charge in [-0.1, -0.05) is 46.7 Å². The average Bonchev–Trinajstić information content (AvgIpc) is 3.15. The van der Waals surface area contributed by atoms with Crippen molar-refractivity contribution in [3.63, 3.8) is 0 Å². The summed E-state index contributed by atoms with van der Waals surface area (Å²) in [5.41, 5.74) is 4.33. The summed E-state index contributed by atoms with van der Waals surface area (Å²) in [4.78, 5) is 31.8. The topological polar surface area (TPSA) is 101 Å². The quantitative estimate of drug-likeness (QED) is 0.507. The van der Waals surface area contributed by atoms with E-state index in [0.717, 1.165) is 53.6 Å². The first kappa shape index (κ1) is 18.5. The molecule has 0 bridgehead atoms. The van der Waals surface area contributed by atoms with Crippen molar-refractivity contribution in [2.75, 3.05) is 11.1 Å². The Morgan fingerprint density at radius 1 is 1.25 bits per heavy atom. The van der Waals surface area contributed by atoms with E-state index in [4.69, 9.17) is 4.52 Å². The molecule has 0 spiro atoms. The Labute approximate surface area is 165 Å². The molecule has 0 saturated heterocycles. The fourth-order valence-corrected chi connectivity index (χ4v) is 3.89. The molecule has 144 valence electrons. The Bertz CT molecular complexity index is 1060. The zero-order valence-corrected chi connectivity index (χ0v) is 16.3. The molecule has 0 aliphatic heterocycles. The van der Waals surface area contributed by atoms with E-state index in [9.17, 15) is 9.59 Å². The van der Waals surface area contributed by atoms with E-state index in [1.165, 1.54) is 11.8 Å². The van der Waals surface area contributed by atoms with E-state index < -0.39 is 0 Å². The van der Waals surface area contributed by atoms with Crippen molar-refractivity contribution in [2.24, 2.45) is 0 Å². The second-order valence-electron chi connectivity index (χ2n) is 6.77. The first-order chi connectivity index (χ1) is 13.6. The molecule has 1 aliphatic rings. The largest absolute Gasteiger partial charge is 0.338 e. The Hall–Kier alpha value is -2.87. The van der Waals surface area contributed by atoms with Gasteiger partial charge in [0.25, 0.3) is 5.56 Å². The second-order valence-corrected chi connectivity index (χ2v) is 7.74. The van der Waals surface area contributed by atoms with Gasteiger partial charge in [0.2, 0.25) is 11.8 Å². The normalized spacial score (nSPS) is 13.2. The molecule has 2 heterocycles. The Morgan fingerprint density at radius 3 is 2.86 bits per heavy atom. The number of nitrogens with one attached hydrogen (secondary N) is 2. The minimum absolute atomic E-state index is 0.0931. The molecule has 0 radical (unpaired) electrons. The number of fused-ring (bicyclic) bond motifs is 1. The van der Waals surface area contributed by atoms with Crippen LogP contribution in [0.25, 0.3) is 11.1 Å². The number of rotatable bonds is 5. The molecule has 3 aromatic rings. The number of benzene rings is 1. The van der Waals surface area contributed by atoms with Gasteiger partial charge in [0.1, 0.15) is 0 Å². The highest BCUT2D eigenvalue weighted by atomic mass is 32.2. The van der Waals surface area contributed by atoms with Crippen LogP contribution < -0.4 is 10.9 Å². The van der Waals surface area contributed by atoms with Crippen LogP contribution in [0.2, 0.25) is 0 Å². The number of thioether (sulfide) groups is 1. The zero-order valence-electron chi connectivity index (χ0n) is 15.4. The van der Waals surface area contributed by atoms with Gasteiger partial charge < -0.3 is 9.51 Å². The van der Waals surface area contributed by atoms with E-state index in [1.807, 2.05) is 31.2 Å². The van der Waals surface area contributed by atoms with Gasteiger partial charge in [-0.3, -0.25) is 14.9 Å². The molecule has 8 heteroatoms. The van der Waals surface area contributed by atoms with Crippen molar-refractivity contribution in [2.45, 2.75) is 37.8 Å². The first-order valence-corrected chi connectivity index (χ1v) is 10.1. The van der Waals surface area contributed by atoms with Gasteiger partial charge in [-0.25, -0.2) is 4.98 Å². The van der Waals surface area contributed by atoms with Crippen LogP contribution in [0.4, 0.5) is 5.88 Å². The second kappa shape index (κ2) is 8.02. The maximum atomic E-state index is 12.4. The lowest BCUT2D eigenvalue weighted by atomic mass is 9.97. The molecule has 1 amide bonds. The lowest BCUT2D eigenvalue weighted by molar-refractivity contribution is -0.113. The molecule has 0 unspecified atom stereocenters. The molecule has 4 rings (SSSR count). The summed E-state index contributed by atoms with van der Waals surface area (Å²) in [6.45, 7) is 2.01. The molecular formula is C20H20N4O3S. The van der Waals surface area contributed by atoms with Crippen molar-refractivity contribution in [1.82, 2.24) is 15.1 Å². The van der Waals surface area contributed by atoms with Crippen LogP contribution in [0.3, 0.4) is 0 Å². The molecule has 7 nitrogen and oxygen atoms in total. The lowest BCUT2D eigenvalue weighted by Gasteiger charge is -2.14. The predicted molar refractivity (Wildman–Crippen MR) is 108 cm³/mol. The number of nitrogens with zero attached hydrogens (tertiary/aromatic N) is 2. The van der Waals surface area contributed by atoms with Crippen LogP contribution in [-0.2, 0) is 17.6 Å². The SMILES string of the molecule is Cc1ccc(-c2cnoc2NC(=O)CSc2nc3c(c(=O)[nH]2)CCCC3)cc1. The maximum absolute atomic E-state index is 12.4. The smallest absolute Gasteiger partial charge is 0.254 e. The summed E-state index contributed by atoms with van der Waals surface area (Å²) in [5, 5.41) is 7.01. The van der Waals surface area contributed by atoms with Crippen LogP contribution >= 0.6 is 11.8 Å². The average molecular weight is 396 g/mol. The third kappa shape index (κ3) is 4.01. The molecule has 0 fully saturated rings. The third-order valence-corrected chi connectivity index (χ3v) is 5.57. The number of amides is 1. The fraction of sp³-hybridized carbons (Fsp3) is 0.300. The van der Waals surface area contributed by atoms with Gasteiger partial charge in [0, 0.05) is 5.56 Å². The van der Waals surface area contributed by atoms with Crippen LogP contribution in [0.5, 0.6) is 0 Å². The number of carbonyl (C=O) groups is 1. The summed E-state index contributed by atoms with van der Waals surface area (Å²) < 4.78 is 5.20. The number of anilines is 1. The van der Waals surface area contributed by atoms with Crippen LogP contribution in [0.1, 0.15) is 29.7 Å². The summed E-state index contributed by atoms with van der Waals surface area (Å²) in [6, 6.07) is 7.88. The van der Waals surface area contributed by atoms with E-state index in [-0.39, 0.29) is 17.2 Å². The number of aromatic amines is 1. The molecular weight excluding hydrogens is 376 g/mol. The molecule has 0 saturated carbocycles. The standard InChI is InChI=1S/C20H20N4O3S/c1-12-6-8-13(9-7-12)15-10-21-27-19(15)23-17(25)11-28-20-22-16-5-3-2-4-14(16)18(26)24-20/h6-10H,2-5,11H2,1H3,(H,23,25)(H,22,24,26). The van der Waals surface area contributed by atoms with Gasteiger partial charge in [-0.15, -0.1) is 0 Å². The number of hydrogen-bond donors (Lipinski definition) is 2. The van der Waals surface area contributed by atoms with Gasteiger partial charge >= 0.3 is 0 Å². The number of carbonyl (C=O) groups excluding carboxylic acids is 1. The van der Waals surface area contributed by atoms with Gasteiger partial charge in [-0.05, 0) is 38.2 Å². The highest BCUT2D eigenvalue weighted by Crippen LogP contribution is 2.28. The molecule has 2 aromatic heterocycles. The third-order valence-electron chi connectivity index (χ3n) is 4.70. The first-order valence-electron chi connectivity index (χ1n) is 9.16. The number of hydrogen-bond acceptors (Lipinski definition) is 6. The molecule has 1 aromatic carbocycles. The van der Waals surface area contributed by atoms with Gasteiger partial charge in [0.05, 0.1) is 23.2 Å². The monoisotopic (exact) mass is 396 g/mol. The Balaban J connectivity index is 1.42. The molecule has 28 heavy (non-hydrogen) atoms. The van der Waals surface area contributed by atoms with E-state index in [0.29, 0.717) is 11.0 Å².